The van der Waals surface area contributed by atoms with Crippen LogP contribution in [0.15, 0.2) is 66.3 Å². The maximum Gasteiger partial charge on any atom is 0.310 e. The minimum Gasteiger partial charge on any atom is -0.448 e. The predicted octanol–water partition coefficient (Wildman–Crippen LogP) is 3.31. The van der Waals surface area contributed by atoms with Gasteiger partial charge in [0, 0.05) is 17.9 Å². The Hall–Kier alpha value is -2.99. The van der Waals surface area contributed by atoms with Crippen molar-refractivity contribution in [3.05, 3.63) is 71.8 Å². The highest BCUT2D eigenvalue weighted by molar-refractivity contribution is 5.97. The first-order valence-corrected chi connectivity index (χ1v) is 12.0. The summed E-state index contributed by atoms with van der Waals surface area (Å²) in [7, 11) is 0. The molecule has 6 nitrogen and oxygen atoms in total. The Kier molecular flexibility index (Phi) is 6.63. The number of ether oxygens (including phenoxy) is 1. The van der Waals surface area contributed by atoms with Gasteiger partial charge >= 0.3 is 5.97 Å². The van der Waals surface area contributed by atoms with E-state index in [1.54, 1.807) is 19.1 Å². The molecule has 1 spiro atoms. The molecule has 1 amide bonds. The number of carbonyl (C=O) groups excluding carboxylic acids is 3. The fourth-order valence-electron chi connectivity index (χ4n) is 5.85. The van der Waals surface area contributed by atoms with Crippen molar-refractivity contribution in [3.8, 4) is 0 Å². The van der Waals surface area contributed by atoms with E-state index < -0.39 is 29.5 Å². The average molecular weight is 464 g/mol. The third-order valence-corrected chi connectivity index (χ3v) is 7.76. The van der Waals surface area contributed by atoms with Crippen LogP contribution < -0.4 is 5.32 Å². The molecule has 34 heavy (non-hydrogen) atoms. The summed E-state index contributed by atoms with van der Waals surface area (Å²) in [5.74, 6) is -2.74. The molecule has 0 bridgehead atoms. The SMILES string of the molecule is C=C1[C@@H](C)[C@H]2[C@H](Cc3ccccc3)NC(=O)[C@@]23OC(=O)CC=C(C)C(=O)[C@@H](C)CC=C[C@H]3[C@@H]1O. The molecule has 2 fully saturated rings. The largest absolute Gasteiger partial charge is 0.448 e. The number of hydrogen-bond acceptors (Lipinski definition) is 5. The molecular formula is C28H33NO5. The molecule has 1 aromatic rings. The van der Waals surface area contributed by atoms with Crippen LogP contribution >= 0.6 is 0 Å². The van der Waals surface area contributed by atoms with Crippen LogP contribution in [0.1, 0.15) is 39.2 Å². The Bertz CT molecular complexity index is 1060. The quantitative estimate of drug-likeness (QED) is 0.519. The molecule has 4 rings (SSSR count). The van der Waals surface area contributed by atoms with Crippen molar-refractivity contribution in [2.24, 2.45) is 23.7 Å². The molecule has 0 radical (unpaired) electrons. The number of ketones is 1. The van der Waals surface area contributed by atoms with Gasteiger partial charge in [-0.2, -0.15) is 0 Å². The van der Waals surface area contributed by atoms with Crippen molar-refractivity contribution in [2.75, 3.05) is 0 Å². The van der Waals surface area contributed by atoms with Crippen molar-refractivity contribution in [1.29, 1.82) is 0 Å². The molecule has 2 aliphatic heterocycles. The maximum atomic E-state index is 13.7. The lowest BCUT2D eigenvalue weighted by Crippen LogP contribution is -2.61. The van der Waals surface area contributed by atoms with Crippen LogP contribution in [0.25, 0.3) is 0 Å². The van der Waals surface area contributed by atoms with Gasteiger partial charge in [0.1, 0.15) is 0 Å². The number of Topliss-reactive ketones (excluding diaryl/α,β-unsaturated/α-hetero) is 1. The van der Waals surface area contributed by atoms with E-state index in [9.17, 15) is 19.5 Å². The van der Waals surface area contributed by atoms with Gasteiger partial charge in [-0.1, -0.05) is 69.0 Å². The third kappa shape index (κ3) is 4.05. The van der Waals surface area contributed by atoms with Gasteiger partial charge in [0.05, 0.1) is 18.4 Å². The van der Waals surface area contributed by atoms with Crippen molar-refractivity contribution in [3.63, 3.8) is 0 Å². The van der Waals surface area contributed by atoms with Crippen molar-refractivity contribution >= 4 is 17.7 Å². The van der Waals surface area contributed by atoms with Crippen molar-refractivity contribution < 1.29 is 24.2 Å². The van der Waals surface area contributed by atoms with Crippen LogP contribution in [-0.4, -0.2) is 40.5 Å². The fourth-order valence-corrected chi connectivity index (χ4v) is 5.85. The Labute approximate surface area is 200 Å². The number of allylic oxidation sites excluding steroid dienone is 2. The smallest absolute Gasteiger partial charge is 0.310 e. The molecule has 6 heteroatoms. The first-order valence-electron chi connectivity index (χ1n) is 12.0. The zero-order chi connectivity index (χ0) is 24.6. The summed E-state index contributed by atoms with van der Waals surface area (Å²) in [4.78, 5) is 39.3. The van der Waals surface area contributed by atoms with E-state index in [2.05, 4.69) is 11.9 Å². The zero-order valence-corrected chi connectivity index (χ0v) is 20.0. The molecule has 1 saturated carbocycles. The summed E-state index contributed by atoms with van der Waals surface area (Å²) in [5, 5.41) is 14.3. The van der Waals surface area contributed by atoms with Crippen LogP contribution in [0.4, 0.5) is 0 Å². The topological polar surface area (TPSA) is 92.7 Å². The van der Waals surface area contributed by atoms with Gasteiger partial charge < -0.3 is 15.2 Å². The summed E-state index contributed by atoms with van der Waals surface area (Å²) < 4.78 is 6.06. The van der Waals surface area contributed by atoms with Gasteiger partial charge in [-0.3, -0.25) is 14.4 Å². The van der Waals surface area contributed by atoms with E-state index >= 15 is 0 Å². The normalized spacial score (nSPS) is 36.4. The molecule has 2 N–H and O–H groups in total. The highest BCUT2D eigenvalue weighted by Crippen LogP contribution is 2.52. The number of benzene rings is 1. The van der Waals surface area contributed by atoms with E-state index in [0.29, 0.717) is 24.0 Å². The first kappa shape index (κ1) is 24.1. The van der Waals surface area contributed by atoms with Gasteiger partial charge in [0.25, 0.3) is 5.91 Å². The average Bonchev–Trinajstić information content (AvgIpc) is 3.08. The van der Waals surface area contributed by atoms with Crippen LogP contribution in [0.5, 0.6) is 0 Å². The van der Waals surface area contributed by atoms with E-state index in [4.69, 9.17) is 4.74 Å². The standard InChI is InChI=1S/C28H33NO5/c1-16-9-8-12-21-26(32)19(4)18(3)24-22(15-20-10-6-5-7-11-20)29-27(33)28(21,24)34-23(30)14-13-17(2)25(16)31/h5-8,10-13,16,18,21-22,24,26,32H,4,9,14-15H2,1-3H3,(H,29,33)/t16-,18+,21-,22-,24-,26+,28-/m0/s1. The van der Waals surface area contributed by atoms with Gasteiger partial charge in [-0.05, 0) is 42.4 Å². The molecule has 1 aliphatic carbocycles. The number of nitrogens with one attached hydrogen (secondary N) is 1. The lowest BCUT2D eigenvalue weighted by Gasteiger charge is -2.49. The summed E-state index contributed by atoms with van der Waals surface area (Å²) >= 11 is 0. The minimum absolute atomic E-state index is 0.0330. The Balaban J connectivity index is 1.80. The van der Waals surface area contributed by atoms with Crippen molar-refractivity contribution in [2.45, 2.75) is 57.8 Å². The third-order valence-electron chi connectivity index (χ3n) is 7.76. The molecular weight excluding hydrogens is 430 g/mol. The number of carbonyl (C=O) groups is 3. The van der Waals surface area contributed by atoms with Gasteiger partial charge in [0.15, 0.2) is 5.78 Å². The van der Waals surface area contributed by atoms with E-state index in [1.807, 2.05) is 50.3 Å². The first-order chi connectivity index (χ1) is 16.2. The highest BCUT2D eigenvalue weighted by atomic mass is 16.6. The Morgan fingerprint density at radius 2 is 1.88 bits per heavy atom. The van der Waals surface area contributed by atoms with E-state index in [1.165, 1.54) is 0 Å². The summed E-state index contributed by atoms with van der Waals surface area (Å²) in [6.07, 6.45) is 5.00. The molecule has 0 aromatic heterocycles. The molecule has 0 unspecified atom stereocenters. The summed E-state index contributed by atoms with van der Waals surface area (Å²) in [6, 6.07) is 9.57. The monoisotopic (exact) mass is 463 g/mol. The second kappa shape index (κ2) is 9.34. The maximum absolute atomic E-state index is 13.7. The molecule has 1 aromatic carbocycles. The molecule has 3 aliphatic rings. The number of rotatable bonds is 2. The summed E-state index contributed by atoms with van der Waals surface area (Å²) in [5.41, 5.74) is 0.632. The second-order valence-corrected chi connectivity index (χ2v) is 9.92. The molecule has 180 valence electrons. The van der Waals surface area contributed by atoms with Gasteiger partial charge in [-0.15, -0.1) is 0 Å². The Morgan fingerprint density at radius 3 is 2.59 bits per heavy atom. The minimum atomic E-state index is -1.55. The van der Waals surface area contributed by atoms with Crippen LogP contribution in [0.2, 0.25) is 0 Å². The van der Waals surface area contributed by atoms with Gasteiger partial charge in [-0.25, -0.2) is 0 Å². The van der Waals surface area contributed by atoms with Crippen molar-refractivity contribution in [1.82, 2.24) is 5.32 Å². The second-order valence-electron chi connectivity index (χ2n) is 9.92. The number of esters is 1. The highest BCUT2D eigenvalue weighted by Gasteiger charge is 2.67. The number of hydrogen-bond donors (Lipinski definition) is 2. The molecule has 1 saturated heterocycles. The lowest BCUT2D eigenvalue weighted by molar-refractivity contribution is -0.185. The zero-order valence-electron chi connectivity index (χ0n) is 20.0. The lowest BCUT2D eigenvalue weighted by atomic mass is 9.59. The Morgan fingerprint density at radius 1 is 1.18 bits per heavy atom. The number of aliphatic hydroxyl groups is 1. The van der Waals surface area contributed by atoms with Crippen LogP contribution in [0, 0.1) is 23.7 Å². The fraction of sp³-hybridized carbons (Fsp3) is 0.464. The van der Waals surface area contributed by atoms with Gasteiger partial charge in [0.2, 0.25) is 5.60 Å². The van der Waals surface area contributed by atoms with E-state index in [0.717, 1.165) is 5.56 Å². The number of aliphatic hydroxyl groups excluding tert-OH is 1. The molecule has 2 heterocycles. The van der Waals surface area contributed by atoms with Crippen LogP contribution in [-0.2, 0) is 25.5 Å². The van der Waals surface area contributed by atoms with E-state index in [-0.39, 0.29) is 36.0 Å². The van der Waals surface area contributed by atoms with Crippen LogP contribution in [0.3, 0.4) is 0 Å². The molecule has 7 atom stereocenters. The summed E-state index contributed by atoms with van der Waals surface area (Å²) in [6.45, 7) is 9.62. The number of amides is 1. The predicted molar refractivity (Wildman–Crippen MR) is 128 cm³/mol.